The molecular weight excluding hydrogens is 258 g/mol. The predicted molar refractivity (Wildman–Crippen MR) is 60.4 cm³/mol. The van der Waals surface area contributed by atoms with Gasteiger partial charge in [-0.2, -0.15) is 5.10 Å². The molecule has 1 fully saturated rings. The Balaban J connectivity index is 1.97. The summed E-state index contributed by atoms with van der Waals surface area (Å²) < 4.78 is 2.84. The lowest BCUT2D eigenvalue weighted by atomic mass is 10.1. The van der Waals surface area contributed by atoms with Crippen LogP contribution in [0.4, 0.5) is 0 Å². The largest absolute Gasteiger partial charge is 0.300 e. The molecule has 1 aromatic rings. The molecule has 15 heavy (non-hydrogen) atoms. The summed E-state index contributed by atoms with van der Waals surface area (Å²) in [6, 6.07) is 0. The lowest BCUT2D eigenvalue weighted by Gasteiger charge is -2.24. The SMILES string of the molecule is Cn1cc(Br)c(CN2CCC(=O)CC2)n1. The van der Waals surface area contributed by atoms with Crippen LogP contribution in [-0.4, -0.2) is 33.6 Å². The first kappa shape index (κ1) is 10.8. The molecular formula is C10H14BrN3O. The summed E-state index contributed by atoms with van der Waals surface area (Å²) in [5.41, 5.74) is 1.05. The van der Waals surface area contributed by atoms with Crippen LogP contribution in [0.15, 0.2) is 10.7 Å². The fourth-order valence-corrected chi connectivity index (χ4v) is 2.29. The molecule has 1 saturated heterocycles. The average molecular weight is 272 g/mol. The topological polar surface area (TPSA) is 38.1 Å². The maximum absolute atomic E-state index is 11.1. The maximum Gasteiger partial charge on any atom is 0.135 e. The molecule has 0 amide bonds. The molecule has 0 saturated carbocycles. The Morgan fingerprint density at radius 3 is 2.67 bits per heavy atom. The molecule has 0 aromatic carbocycles. The van der Waals surface area contributed by atoms with Crippen LogP contribution in [0.2, 0.25) is 0 Å². The highest BCUT2D eigenvalue weighted by atomic mass is 79.9. The minimum absolute atomic E-state index is 0.381. The third-order valence-electron chi connectivity index (χ3n) is 2.64. The molecule has 5 heteroatoms. The zero-order valence-corrected chi connectivity index (χ0v) is 10.3. The van der Waals surface area contributed by atoms with Crippen molar-refractivity contribution in [3.05, 3.63) is 16.4 Å². The molecule has 0 spiro atoms. The number of aryl methyl sites for hydroxylation is 1. The first-order chi connectivity index (χ1) is 7.15. The van der Waals surface area contributed by atoms with Crippen LogP contribution >= 0.6 is 15.9 Å². The summed E-state index contributed by atoms with van der Waals surface area (Å²) in [7, 11) is 1.91. The van der Waals surface area contributed by atoms with Gasteiger partial charge in [-0.1, -0.05) is 0 Å². The van der Waals surface area contributed by atoms with Gasteiger partial charge in [-0.15, -0.1) is 0 Å². The van der Waals surface area contributed by atoms with Gasteiger partial charge in [0.05, 0.1) is 10.2 Å². The normalized spacial score (nSPS) is 18.4. The average Bonchev–Trinajstić information content (AvgIpc) is 2.49. The number of halogens is 1. The molecule has 1 aliphatic rings. The van der Waals surface area contributed by atoms with E-state index >= 15 is 0 Å². The second-order valence-corrected chi connectivity index (χ2v) is 4.77. The number of ketones is 1. The Morgan fingerprint density at radius 1 is 1.47 bits per heavy atom. The monoisotopic (exact) mass is 271 g/mol. The van der Waals surface area contributed by atoms with Crippen molar-refractivity contribution < 1.29 is 4.79 Å². The van der Waals surface area contributed by atoms with E-state index in [1.165, 1.54) is 0 Å². The molecule has 0 radical (unpaired) electrons. The zero-order valence-electron chi connectivity index (χ0n) is 8.74. The van der Waals surface area contributed by atoms with Crippen molar-refractivity contribution in [3.63, 3.8) is 0 Å². The number of aromatic nitrogens is 2. The van der Waals surface area contributed by atoms with Crippen LogP contribution in [0.3, 0.4) is 0 Å². The fourth-order valence-electron chi connectivity index (χ4n) is 1.79. The van der Waals surface area contributed by atoms with Gasteiger partial charge in [0.25, 0.3) is 0 Å². The van der Waals surface area contributed by atoms with Crippen molar-refractivity contribution in [2.75, 3.05) is 13.1 Å². The van der Waals surface area contributed by atoms with E-state index < -0.39 is 0 Å². The number of hydrogen-bond donors (Lipinski definition) is 0. The lowest BCUT2D eigenvalue weighted by Crippen LogP contribution is -2.33. The van der Waals surface area contributed by atoms with E-state index in [1.807, 2.05) is 13.2 Å². The third-order valence-corrected chi connectivity index (χ3v) is 3.30. The Labute approximate surface area is 97.4 Å². The Hall–Kier alpha value is -0.680. The first-order valence-electron chi connectivity index (χ1n) is 5.07. The van der Waals surface area contributed by atoms with Crippen molar-refractivity contribution in [1.82, 2.24) is 14.7 Å². The molecule has 0 atom stereocenters. The van der Waals surface area contributed by atoms with Gasteiger partial charge in [-0.05, 0) is 15.9 Å². The summed E-state index contributed by atoms with van der Waals surface area (Å²) in [4.78, 5) is 13.3. The fraction of sp³-hybridized carbons (Fsp3) is 0.600. The molecule has 2 rings (SSSR count). The van der Waals surface area contributed by atoms with E-state index in [2.05, 4.69) is 25.9 Å². The number of nitrogens with zero attached hydrogens (tertiary/aromatic N) is 3. The van der Waals surface area contributed by atoms with Gasteiger partial charge in [0.1, 0.15) is 5.78 Å². The summed E-state index contributed by atoms with van der Waals surface area (Å²) >= 11 is 3.48. The number of likely N-dealkylation sites (tertiary alicyclic amines) is 1. The molecule has 82 valence electrons. The lowest BCUT2D eigenvalue weighted by molar-refractivity contribution is -0.121. The standard InChI is InChI=1S/C10H14BrN3O/c1-13-6-9(11)10(12-13)7-14-4-2-8(15)3-5-14/h6H,2-5,7H2,1H3. The summed E-state index contributed by atoms with van der Waals surface area (Å²) in [5, 5.41) is 4.37. The third kappa shape index (κ3) is 2.66. The summed E-state index contributed by atoms with van der Waals surface area (Å²) in [6.45, 7) is 2.55. The number of piperidine rings is 1. The molecule has 2 heterocycles. The van der Waals surface area contributed by atoms with Crippen molar-refractivity contribution in [2.24, 2.45) is 7.05 Å². The van der Waals surface area contributed by atoms with Gasteiger partial charge in [-0.25, -0.2) is 0 Å². The van der Waals surface area contributed by atoms with Crippen molar-refractivity contribution in [2.45, 2.75) is 19.4 Å². The van der Waals surface area contributed by atoms with Gasteiger partial charge in [0.2, 0.25) is 0 Å². The molecule has 0 unspecified atom stereocenters. The van der Waals surface area contributed by atoms with E-state index in [-0.39, 0.29) is 0 Å². The molecule has 0 bridgehead atoms. The zero-order chi connectivity index (χ0) is 10.8. The van der Waals surface area contributed by atoms with Gasteiger partial charge in [0, 0.05) is 45.7 Å². The highest BCUT2D eigenvalue weighted by Crippen LogP contribution is 2.17. The maximum atomic E-state index is 11.1. The van der Waals surface area contributed by atoms with Gasteiger partial charge in [0.15, 0.2) is 0 Å². The van der Waals surface area contributed by atoms with E-state index in [9.17, 15) is 4.79 Å². The number of Topliss-reactive ketones (excluding diaryl/α,β-unsaturated/α-hetero) is 1. The van der Waals surface area contributed by atoms with Gasteiger partial charge >= 0.3 is 0 Å². The van der Waals surface area contributed by atoms with E-state index in [0.717, 1.165) is 29.8 Å². The summed E-state index contributed by atoms with van der Waals surface area (Å²) in [5.74, 6) is 0.381. The van der Waals surface area contributed by atoms with Crippen molar-refractivity contribution in [3.8, 4) is 0 Å². The minimum atomic E-state index is 0.381. The number of carbonyl (C=O) groups excluding carboxylic acids is 1. The molecule has 0 aliphatic carbocycles. The van der Waals surface area contributed by atoms with E-state index in [0.29, 0.717) is 18.6 Å². The molecule has 1 aromatic heterocycles. The second-order valence-electron chi connectivity index (χ2n) is 3.91. The Bertz CT molecular complexity index is 365. The number of carbonyl (C=O) groups is 1. The number of hydrogen-bond acceptors (Lipinski definition) is 3. The summed E-state index contributed by atoms with van der Waals surface area (Å²) in [6.07, 6.45) is 3.32. The second kappa shape index (κ2) is 4.45. The van der Waals surface area contributed by atoms with Crippen LogP contribution in [0, 0.1) is 0 Å². The smallest absolute Gasteiger partial charge is 0.135 e. The Morgan fingerprint density at radius 2 is 2.13 bits per heavy atom. The van der Waals surface area contributed by atoms with E-state index in [1.54, 1.807) is 4.68 Å². The number of rotatable bonds is 2. The first-order valence-corrected chi connectivity index (χ1v) is 5.86. The van der Waals surface area contributed by atoms with Crippen LogP contribution in [-0.2, 0) is 18.4 Å². The van der Waals surface area contributed by atoms with Crippen LogP contribution in [0.25, 0.3) is 0 Å². The molecule has 4 nitrogen and oxygen atoms in total. The van der Waals surface area contributed by atoms with Crippen LogP contribution < -0.4 is 0 Å². The predicted octanol–water partition coefficient (Wildman–Crippen LogP) is 1.35. The van der Waals surface area contributed by atoms with Crippen molar-refractivity contribution in [1.29, 1.82) is 0 Å². The Kier molecular flexibility index (Phi) is 3.21. The van der Waals surface area contributed by atoms with Gasteiger partial charge < -0.3 is 0 Å². The van der Waals surface area contributed by atoms with Gasteiger partial charge in [-0.3, -0.25) is 14.4 Å². The highest BCUT2D eigenvalue weighted by molar-refractivity contribution is 9.10. The van der Waals surface area contributed by atoms with Crippen molar-refractivity contribution >= 4 is 21.7 Å². The molecule has 0 N–H and O–H groups in total. The quantitative estimate of drug-likeness (QED) is 0.815. The molecule has 1 aliphatic heterocycles. The van der Waals surface area contributed by atoms with Crippen LogP contribution in [0.1, 0.15) is 18.5 Å². The highest BCUT2D eigenvalue weighted by Gasteiger charge is 2.18. The van der Waals surface area contributed by atoms with E-state index in [4.69, 9.17) is 0 Å². The minimum Gasteiger partial charge on any atom is -0.300 e. The van der Waals surface area contributed by atoms with Crippen LogP contribution in [0.5, 0.6) is 0 Å².